The van der Waals surface area contributed by atoms with Crippen molar-refractivity contribution in [3.63, 3.8) is 0 Å². The molecule has 0 saturated carbocycles. The molecule has 0 aliphatic heterocycles. The molecule has 0 aromatic heterocycles. The predicted molar refractivity (Wildman–Crippen MR) is 118 cm³/mol. The second kappa shape index (κ2) is 9.09. The van der Waals surface area contributed by atoms with E-state index in [1.807, 2.05) is 0 Å². The molecule has 2 aliphatic carbocycles. The van der Waals surface area contributed by atoms with Gasteiger partial charge in [-0.2, -0.15) is 0 Å². The second-order valence-electron chi connectivity index (χ2n) is 10.5. The largest absolute Gasteiger partial charge is 1.00 e. The molecular weight excluding hydrogens is 486 g/mol. The third-order valence-electron chi connectivity index (χ3n) is 6.19. The molecule has 0 nitrogen and oxygen atoms in total. The summed E-state index contributed by atoms with van der Waals surface area (Å²) >= 11 is -0.792. The second-order valence-corrected chi connectivity index (χ2v) is 13.8. The summed E-state index contributed by atoms with van der Waals surface area (Å²) in [5, 5.41) is 0. The number of halogens is 2. The van der Waals surface area contributed by atoms with Crippen LogP contribution in [0.1, 0.15) is 77.1 Å². The molecule has 30 heavy (non-hydrogen) atoms. The zero-order valence-electron chi connectivity index (χ0n) is 19.2. The van der Waals surface area contributed by atoms with Gasteiger partial charge in [-0.25, -0.2) is 0 Å². The van der Waals surface area contributed by atoms with Crippen molar-refractivity contribution in [3.05, 3.63) is 73.6 Å². The van der Waals surface area contributed by atoms with Gasteiger partial charge in [0, 0.05) is 0 Å². The van der Waals surface area contributed by atoms with Crippen LogP contribution in [0.4, 0.5) is 0 Å². The van der Waals surface area contributed by atoms with Crippen molar-refractivity contribution in [2.45, 2.75) is 72.1 Å². The molecule has 0 heterocycles. The van der Waals surface area contributed by atoms with Crippen LogP contribution in [0, 0.1) is 0 Å². The van der Waals surface area contributed by atoms with Crippen molar-refractivity contribution in [2.24, 2.45) is 0 Å². The Morgan fingerprint density at radius 1 is 0.833 bits per heavy atom. The molecule has 0 unspecified atom stereocenters. The van der Waals surface area contributed by atoms with Crippen molar-refractivity contribution in [2.75, 3.05) is 0 Å². The molecule has 2 aliphatic rings. The topological polar surface area (TPSA) is 0 Å². The first-order valence-corrected chi connectivity index (χ1v) is 12.9. The summed E-state index contributed by atoms with van der Waals surface area (Å²) in [7, 11) is 0. The quantitative estimate of drug-likeness (QED) is 0.471. The van der Waals surface area contributed by atoms with Gasteiger partial charge in [-0.05, 0) is 0 Å². The zero-order valence-corrected chi connectivity index (χ0v) is 23.2. The minimum Gasteiger partial charge on any atom is -1.00 e. The van der Waals surface area contributed by atoms with Gasteiger partial charge in [0.1, 0.15) is 0 Å². The van der Waals surface area contributed by atoms with Gasteiger partial charge in [0.15, 0.2) is 0 Å². The van der Waals surface area contributed by atoms with Crippen molar-refractivity contribution in [3.8, 4) is 11.1 Å². The Hall–Kier alpha value is -0.617. The molecule has 0 fully saturated rings. The molecule has 0 bridgehead atoms. The average molecular weight is 519 g/mol. The average Bonchev–Trinajstić information content (AvgIpc) is 3.16. The summed E-state index contributed by atoms with van der Waals surface area (Å²) in [6.45, 7) is 16.4. The number of allylic oxidation sites excluding steroid dienone is 4. The molecule has 2 aromatic carbocycles. The third-order valence-corrected chi connectivity index (χ3v) is 10.4. The Bertz CT molecular complexity index is 1010. The fourth-order valence-corrected chi connectivity index (χ4v) is 8.78. The molecule has 0 atom stereocenters. The predicted octanol–water partition coefficient (Wildman–Crippen LogP) is 0.803. The number of benzene rings is 2. The summed E-state index contributed by atoms with van der Waals surface area (Å²) in [6.07, 6.45) is 7.00. The Labute approximate surface area is 207 Å². The van der Waals surface area contributed by atoms with Gasteiger partial charge in [-0.3, -0.25) is 0 Å². The van der Waals surface area contributed by atoms with Crippen LogP contribution in [0.15, 0.2) is 51.3 Å². The molecule has 0 saturated heterocycles. The molecule has 0 amide bonds. The van der Waals surface area contributed by atoms with Gasteiger partial charge < -0.3 is 24.8 Å². The first-order valence-electron chi connectivity index (χ1n) is 10.5. The maximum absolute atomic E-state index is 2.47. The van der Waals surface area contributed by atoms with Gasteiger partial charge in [0.05, 0.1) is 0 Å². The SMILES string of the molecule is CC1=[C]([Zr+2][c]2c(C(C)(C)C)ccc3c2Cc2cc(C(C)(C)C)ccc2-3)CC=C1.[Cl-].[Cl-]. The van der Waals surface area contributed by atoms with E-state index in [2.05, 4.69) is 91.0 Å². The normalized spacial score (nSPS) is 14.6. The van der Waals surface area contributed by atoms with E-state index >= 15 is 0 Å². The van der Waals surface area contributed by atoms with E-state index in [9.17, 15) is 0 Å². The minimum atomic E-state index is -0.792. The number of hydrogen-bond acceptors (Lipinski definition) is 0. The van der Waals surface area contributed by atoms with Gasteiger partial charge in [-0.15, -0.1) is 0 Å². The maximum Gasteiger partial charge on any atom is -1.00 e. The van der Waals surface area contributed by atoms with Crippen LogP contribution in [-0.4, -0.2) is 0 Å². The Morgan fingerprint density at radius 3 is 2.07 bits per heavy atom. The fraction of sp³-hybridized carbons (Fsp3) is 0.407. The minimum absolute atomic E-state index is 0. The van der Waals surface area contributed by atoms with Gasteiger partial charge in [0.25, 0.3) is 0 Å². The molecule has 0 radical (unpaired) electrons. The summed E-state index contributed by atoms with van der Waals surface area (Å²) in [5.41, 5.74) is 11.1. The van der Waals surface area contributed by atoms with Crippen molar-refractivity contribution < 1.29 is 48.0 Å². The molecule has 0 N–H and O–H groups in total. The molecule has 3 heteroatoms. The molecule has 2 aromatic rings. The Kier molecular flexibility index (Phi) is 7.77. The van der Waals surface area contributed by atoms with Crippen molar-refractivity contribution in [1.82, 2.24) is 0 Å². The van der Waals surface area contributed by atoms with Crippen LogP contribution in [0.5, 0.6) is 0 Å². The van der Waals surface area contributed by atoms with Gasteiger partial charge in [0.2, 0.25) is 0 Å². The van der Waals surface area contributed by atoms with Crippen molar-refractivity contribution in [1.29, 1.82) is 0 Å². The van der Waals surface area contributed by atoms with E-state index in [4.69, 9.17) is 0 Å². The summed E-state index contributed by atoms with van der Waals surface area (Å²) in [6, 6.07) is 12.1. The van der Waals surface area contributed by atoms with Crippen LogP contribution in [0.3, 0.4) is 0 Å². The van der Waals surface area contributed by atoms with Crippen LogP contribution >= 0.6 is 0 Å². The van der Waals surface area contributed by atoms with E-state index in [-0.39, 0.29) is 35.6 Å². The van der Waals surface area contributed by atoms with Crippen LogP contribution in [0.2, 0.25) is 0 Å². The molecule has 4 rings (SSSR count). The Morgan fingerprint density at radius 2 is 1.50 bits per heavy atom. The first kappa shape index (κ1) is 25.6. The molecule has 158 valence electrons. The summed E-state index contributed by atoms with van der Waals surface area (Å²) in [5.74, 6) is 0. The number of fused-ring (bicyclic) bond motifs is 3. The van der Waals surface area contributed by atoms with E-state index in [1.165, 1.54) is 34.2 Å². The smallest absolute Gasteiger partial charge is 1.00 e. The monoisotopic (exact) mass is 516 g/mol. The van der Waals surface area contributed by atoms with Gasteiger partial charge >= 0.3 is 183 Å². The number of rotatable bonds is 2. The standard InChI is InChI=1S/C21H25.C6H7.2ClH.Zr/c1-20(2,3)16-7-9-18-14(12-16)11-15-13-17(21(4,5)6)8-10-19(15)18;1-6-4-2-3-5-6;;;/h7-10,12H,11H2,1-6H3;2,4H,3H2,1H3;2*1H;/q;;;;+2/p-2. The van der Waals surface area contributed by atoms with Crippen molar-refractivity contribution >= 4 is 3.27 Å². The first-order chi connectivity index (χ1) is 13.1. The van der Waals surface area contributed by atoms with Crippen LogP contribution in [0.25, 0.3) is 11.1 Å². The van der Waals surface area contributed by atoms with E-state index in [0.717, 1.165) is 6.42 Å². The van der Waals surface area contributed by atoms with E-state index < -0.39 is 23.2 Å². The third kappa shape index (κ3) is 4.74. The molecule has 0 spiro atoms. The maximum atomic E-state index is 2.47. The summed E-state index contributed by atoms with van der Waals surface area (Å²) < 4.78 is 3.51. The van der Waals surface area contributed by atoms with E-state index in [1.54, 1.807) is 17.7 Å². The molecular formula is C27H32Cl2Zr. The Balaban J connectivity index is 0.00000160. The summed E-state index contributed by atoms with van der Waals surface area (Å²) in [4.78, 5) is 0. The fourth-order valence-electron chi connectivity index (χ4n) is 4.43. The zero-order chi connectivity index (χ0) is 20.3. The van der Waals surface area contributed by atoms with Crippen LogP contribution in [-0.2, 0) is 40.5 Å². The number of hydrogen-bond donors (Lipinski definition) is 0. The van der Waals surface area contributed by atoms with E-state index in [0.29, 0.717) is 0 Å². The van der Waals surface area contributed by atoms with Crippen LogP contribution < -0.4 is 28.1 Å². The van der Waals surface area contributed by atoms with Gasteiger partial charge in [-0.1, -0.05) is 0 Å².